The van der Waals surface area contributed by atoms with Gasteiger partial charge in [-0.25, -0.2) is 4.39 Å². The van der Waals surface area contributed by atoms with Gasteiger partial charge in [-0.2, -0.15) is 0 Å². The second kappa shape index (κ2) is 9.27. The number of likely N-dealkylation sites (N-methyl/N-ethyl adjacent to an activating group) is 1. The van der Waals surface area contributed by atoms with Gasteiger partial charge in [-0.15, -0.1) is 24.0 Å². The van der Waals surface area contributed by atoms with Crippen LogP contribution in [0.15, 0.2) is 29.3 Å². The molecule has 5 nitrogen and oxygen atoms in total. The Labute approximate surface area is 154 Å². The molecule has 0 radical (unpaired) electrons. The molecule has 0 spiro atoms. The molecule has 0 unspecified atom stereocenters. The summed E-state index contributed by atoms with van der Waals surface area (Å²) in [6.07, 6.45) is 0. The maximum atomic E-state index is 12.8. The maximum Gasteiger partial charge on any atom is 0.193 e. The molecule has 0 amide bonds. The van der Waals surface area contributed by atoms with E-state index in [2.05, 4.69) is 17.2 Å². The normalized spacial score (nSPS) is 16.1. The number of nitrogens with zero attached hydrogens (tertiary/aromatic N) is 2. The Morgan fingerprint density at radius 2 is 2.04 bits per heavy atom. The Morgan fingerprint density at radius 1 is 1.39 bits per heavy atom. The lowest BCUT2D eigenvalue weighted by atomic mass is 9.89. The third kappa shape index (κ3) is 6.14. The van der Waals surface area contributed by atoms with Crippen LogP contribution in [0.1, 0.15) is 6.92 Å². The van der Waals surface area contributed by atoms with Crippen molar-refractivity contribution in [3.63, 3.8) is 0 Å². The second-order valence-corrected chi connectivity index (χ2v) is 5.93. The van der Waals surface area contributed by atoms with E-state index in [-0.39, 0.29) is 35.2 Å². The summed E-state index contributed by atoms with van der Waals surface area (Å²) in [5.41, 5.74) is 0.196. The molecule has 1 N–H and O–H groups in total. The van der Waals surface area contributed by atoms with Gasteiger partial charge in [-0.05, 0) is 24.3 Å². The van der Waals surface area contributed by atoms with E-state index in [0.717, 1.165) is 25.7 Å². The fourth-order valence-corrected chi connectivity index (χ4v) is 2.17. The topological polar surface area (TPSA) is 46.1 Å². The number of halogens is 2. The molecule has 0 atom stereocenters. The third-order valence-electron chi connectivity index (χ3n) is 3.66. The minimum atomic E-state index is -0.262. The van der Waals surface area contributed by atoms with Crippen molar-refractivity contribution in [1.82, 2.24) is 10.2 Å². The molecule has 1 saturated heterocycles. The molecule has 2 rings (SSSR count). The van der Waals surface area contributed by atoms with Crippen molar-refractivity contribution in [2.24, 2.45) is 10.4 Å². The standard InChI is InChI=1S/C16H24FN3O2.HI/c1-16(11-21-12-16)10-19-15(18-2)20(3)8-9-22-14-6-4-13(17)5-7-14;/h4-7H,8-12H2,1-3H3,(H,18,19);1H. The SMILES string of the molecule is CN=C(NCC1(C)COC1)N(C)CCOc1ccc(F)cc1.I. The van der Waals surface area contributed by atoms with Gasteiger partial charge in [0, 0.05) is 26.1 Å². The first kappa shape index (κ1) is 20.0. The van der Waals surface area contributed by atoms with Crippen molar-refractivity contribution >= 4 is 29.9 Å². The van der Waals surface area contributed by atoms with Crippen molar-refractivity contribution in [3.05, 3.63) is 30.1 Å². The van der Waals surface area contributed by atoms with Crippen LogP contribution in [0.3, 0.4) is 0 Å². The highest BCUT2D eigenvalue weighted by Gasteiger charge is 2.33. The molecule has 1 aromatic carbocycles. The quantitative estimate of drug-likeness (QED) is 0.422. The zero-order valence-corrected chi connectivity index (χ0v) is 16.2. The van der Waals surface area contributed by atoms with E-state index < -0.39 is 0 Å². The van der Waals surface area contributed by atoms with Gasteiger partial charge in [-0.1, -0.05) is 6.92 Å². The van der Waals surface area contributed by atoms with Gasteiger partial charge in [0.15, 0.2) is 5.96 Å². The molecule has 0 aliphatic carbocycles. The van der Waals surface area contributed by atoms with Crippen molar-refractivity contribution in [3.8, 4) is 5.75 Å². The van der Waals surface area contributed by atoms with Gasteiger partial charge in [0.25, 0.3) is 0 Å². The third-order valence-corrected chi connectivity index (χ3v) is 3.66. The highest BCUT2D eigenvalue weighted by molar-refractivity contribution is 14.0. The highest BCUT2D eigenvalue weighted by Crippen LogP contribution is 2.25. The fourth-order valence-electron chi connectivity index (χ4n) is 2.17. The number of guanidine groups is 1. The zero-order valence-electron chi connectivity index (χ0n) is 13.8. The number of aliphatic imine (C=N–C) groups is 1. The lowest BCUT2D eigenvalue weighted by molar-refractivity contribution is -0.0972. The van der Waals surface area contributed by atoms with Crippen LogP contribution in [0.4, 0.5) is 4.39 Å². The van der Waals surface area contributed by atoms with Crippen LogP contribution in [0.5, 0.6) is 5.75 Å². The lowest BCUT2D eigenvalue weighted by Crippen LogP contribution is -2.51. The van der Waals surface area contributed by atoms with Crippen LogP contribution in [0.25, 0.3) is 0 Å². The Balaban J connectivity index is 0.00000264. The van der Waals surface area contributed by atoms with Crippen LogP contribution < -0.4 is 10.1 Å². The molecule has 1 aliphatic rings. The van der Waals surface area contributed by atoms with Crippen LogP contribution in [0, 0.1) is 11.2 Å². The largest absolute Gasteiger partial charge is 0.492 e. The average molecular weight is 437 g/mol. The van der Waals surface area contributed by atoms with Crippen molar-refractivity contribution in [1.29, 1.82) is 0 Å². The first-order chi connectivity index (χ1) is 10.5. The predicted octanol–water partition coefficient (Wildman–Crippen LogP) is 2.37. The number of nitrogens with one attached hydrogen (secondary N) is 1. The lowest BCUT2D eigenvalue weighted by Gasteiger charge is -2.39. The minimum Gasteiger partial charge on any atom is -0.492 e. The van der Waals surface area contributed by atoms with Gasteiger partial charge in [0.2, 0.25) is 0 Å². The Bertz CT molecular complexity index is 507. The maximum absolute atomic E-state index is 12.8. The number of hydrogen-bond acceptors (Lipinski definition) is 3. The van der Waals surface area contributed by atoms with Crippen LogP contribution in [-0.2, 0) is 4.74 Å². The minimum absolute atomic E-state index is 0. The molecule has 130 valence electrons. The van der Waals surface area contributed by atoms with Gasteiger partial charge in [0.05, 0.1) is 19.8 Å². The highest BCUT2D eigenvalue weighted by atomic mass is 127. The molecule has 1 aromatic rings. The van der Waals surface area contributed by atoms with Crippen molar-refractivity contribution < 1.29 is 13.9 Å². The van der Waals surface area contributed by atoms with Gasteiger partial charge in [0.1, 0.15) is 18.2 Å². The summed E-state index contributed by atoms with van der Waals surface area (Å²) in [6.45, 7) is 5.79. The van der Waals surface area contributed by atoms with E-state index in [1.807, 2.05) is 11.9 Å². The molecule has 23 heavy (non-hydrogen) atoms. The van der Waals surface area contributed by atoms with E-state index in [0.29, 0.717) is 18.9 Å². The average Bonchev–Trinajstić information content (AvgIpc) is 2.48. The number of benzene rings is 1. The summed E-state index contributed by atoms with van der Waals surface area (Å²) < 4.78 is 23.6. The molecular formula is C16H25FIN3O2. The Hall–Kier alpha value is -1.09. The molecule has 0 saturated carbocycles. The summed E-state index contributed by atoms with van der Waals surface area (Å²) in [6, 6.07) is 6.03. The van der Waals surface area contributed by atoms with Crippen molar-refractivity contribution in [2.75, 3.05) is 47.0 Å². The van der Waals surface area contributed by atoms with E-state index in [9.17, 15) is 4.39 Å². The first-order valence-corrected chi connectivity index (χ1v) is 7.40. The van der Waals surface area contributed by atoms with Crippen LogP contribution >= 0.6 is 24.0 Å². The Morgan fingerprint density at radius 3 is 2.57 bits per heavy atom. The molecule has 1 aliphatic heterocycles. The molecule has 7 heteroatoms. The zero-order chi connectivity index (χ0) is 16.0. The summed E-state index contributed by atoms with van der Waals surface area (Å²) in [5, 5.41) is 3.36. The fraction of sp³-hybridized carbons (Fsp3) is 0.562. The molecule has 1 fully saturated rings. The van der Waals surface area contributed by atoms with Crippen LogP contribution in [0.2, 0.25) is 0 Å². The van der Waals surface area contributed by atoms with Gasteiger partial charge in [-0.3, -0.25) is 4.99 Å². The van der Waals surface area contributed by atoms with E-state index in [1.165, 1.54) is 12.1 Å². The summed E-state index contributed by atoms with van der Waals surface area (Å²) in [4.78, 5) is 6.28. The summed E-state index contributed by atoms with van der Waals surface area (Å²) in [5.74, 6) is 1.23. The molecule has 1 heterocycles. The number of hydrogen-bond donors (Lipinski definition) is 1. The smallest absolute Gasteiger partial charge is 0.193 e. The second-order valence-electron chi connectivity index (χ2n) is 5.93. The van der Waals surface area contributed by atoms with Crippen LogP contribution in [-0.4, -0.2) is 57.9 Å². The van der Waals surface area contributed by atoms with E-state index in [4.69, 9.17) is 9.47 Å². The van der Waals surface area contributed by atoms with Crippen molar-refractivity contribution in [2.45, 2.75) is 6.92 Å². The predicted molar refractivity (Wildman–Crippen MR) is 100 cm³/mol. The molecular weight excluding hydrogens is 412 g/mol. The number of rotatable bonds is 6. The molecule has 0 bridgehead atoms. The summed E-state index contributed by atoms with van der Waals surface area (Å²) >= 11 is 0. The van der Waals surface area contributed by atoms with Gasteiger partial charge >= 0.3 is 0 Å². The van der Waals surface area contributed by atoms with E-state index >= 15 is 0 Å². The Kier molecular flexibility index (Phi) is 8.04. The molecule has 0 aromatic heterocycles. The first-order valence-electron chi connectivity index (χ1n) is 7.40. The number of ether oxygens (including phenoxy) is 2. The van der Waals surface area contributed by atoms with Gasteiger partial charge < -0.3 is 19.7 Å². The summed E-state index contributed by atoms with van der Waals surface area (Å²) in [7, 11) is 3.72. The van der Waals surface area contributed by atoms with E-state index in [1.54, 1.807) is 19.2 Å². The monoisotopic (exact) mass is 437 g/mol.